The molecular weight excluding hydrogens is 363 g/mol. The smallest absolute Gasteiger partial charge is 0.475 e. The molecule has 1 aliphatic heterocycles. The normalized spacial score (nSPS) is 16.3. The highest BCUT2D eigenvalue weighted by atomic mass is 32.2. The molecule has 1 aromatic heterocycles. The molecule has 23 heavy (non-hydrogen) atoms. The third-order valence-electron chi connectivity index (χ3n) is 2.40. The van der Waals surface area contributed by atoms with Crippen LogP contribution in [-0.4, -0.2) is 60.5 Å². The predicted molar refractivity (Wildman–Crippen MR) is 72.3 cm³/mol. The fourth-order valence-corrected chi connectivity index (χ4v) is 3.95. The summed E-state index contributed by atoms with van der Waals surface area (Å²) < 4.78 is 57.0. The third-order valence-corrected chi connectivity index (χ3v) is 5.60. The Kier molecular flexibility index (Phi) is 6.07. The molecule has 13 heteroatoms. The lowest BCUT2D eigenvalue weighted by atomic mass is 10.4. The van der Waals surface area contributed by atoms with Crippen LogP contribution in [0.4, 0.5) is 13.2 Å². The lowest BCUT2D eigenvalue weighted by Crippen LogP contribution is -2.49. The first kappa shape index (κ1) is 19.3. The van der Waals surface area contributed by atoms with E-state index in [2.05, 4.69) is 10.3 Å². The van der Waals surface area contributed by atoms with Crippen molar-refractivity contribution >= 4 is 33.2 Å². The number of thiazole rings is 1. The summed E-state index contributed by atoms with van der Waals surface area (Å²) in [6.07, 6.45) is -5.08. The number of amides is 1. The average Bonchev–Trinajstić information content (AvgIpc) is 2.86. The number of rotatable bonds is 2. The van der Waals surface area contributed by atoms with E-state index in [9.17, 15) is 26.4 Å². The van der Waals surface area contributed by atoms with Crippen LogP contribution in [0.15, 0.2) is 9.72 Å². The first-order valence-electron chi connectivity index (χ1n) is 5.93. The molecule has 8 nitrogen and oxygen atoms in total. The molecule has 0 radical (unpaired) electrons. The van der Waals surface area contributed by atoms with Gasteiger partial charge in [-0.25, -0.2) is 18.2 Å². The molecule has 1 aromatic rings. The first-order chi connectivity index (χ1) is 10.4. The number of aromatic nitrogens is 1. The van der Waals surface area contributed by atoms with Crippen LogP contribution in [0.25, 0.3) is 0 Å². The van der Waals surface area contributed by atoms with E-state index in [-0.39, 0.29) is 16.8 Å². The van der Waals surface area contributed by atoms with Crippen molar-refractivity contribution in [1.82, 2.24) is 14.6 Å². The van der Waals surface area contributed by atoms with Crippen molar-refractivity contribution in [3.63, 3.8) is 0 Å². The van der Waals surface area contributed by atoms with Crippen LogP contribution in [0.5, 0.6) is 0 Å². The van der Waals surface area contributed by atoms with Crippen LogP contribution < -0.4 is 5.32 Å². The van der Waals surface area contributed by atoms with E-state index in [1.165, 1.54) is 0 Å². The van der Waals surface area contributed by atoms with Gasteiger partial charge >= 0.3 is 12.1 Å². The number of sulfonamides is 1. The van der Waals surface area contributed by atoms with Crippen LogP contribution in [0.3, 0.4) is 0 Å². The van der Waals surface area contributed by atoms with Gasteiger partial charge in [0.1, 0.15) is 0 Å². The largest absolute Gasteiger partial charge is 0.490 e. The molecule has 0 spiro atoms. The summed E-state index contributed by atoms with van der Waals surface area (Å²) in [7, 11) is -3.59. The number of carboxylic acids is 1. The maximum atomic E-state index is 12.0. The molecule has 2 heterocycles. The van der Waals surface area contributed by atoms with Gasteiger partial charge < -0.3 is 10.4 Å². The quantitative estimate of drug-likeness (QED) is 0.763. The minimum atomic E-state index is -5.08. The number of halogens is 3. The van der Waals surface area contributed by atoms with Gasteiger partial charge in [0, 0.05) is 24.2 Å². The Balaban J connectivity index is 0.000000322. The molecule has 130 valence electrons. The van der Waals surface area contributed by atoms with E-state index in [1.54, 1.807) is 12.3 Å². The molecule has 2 rings (SSSR count). The topological polar surface area (TPSA) is 117 Å². The van der Waals surface area contributed by atoms with Crippen LogP contribution in [0, 0.1) is 6.92 Å². The Morgan fingerprint density at radius 2 is 2.04 bits per heavy atom. The highest BCUT2D eigenvalue weighted by Crippen LogP contribution is 2.20. The van der Waals surface area contributed by atoms with Gasteiger partial charge in [0.2, 0.25) is 10.2 Å². The molecule has 0 bridgehead atoms. The predicted octanol–water partition coefficient (Wildman–Crippen LogP) is 0.205. The van der Waals surface area contributed by atoms with Gasteiger partial charge in [-0.2, -0.15) is 17.5 Å². The van der Waals surface area contributed by atoms with Crippen molar-refractivity contribution in [2.45, 2.75) is 17.4 Å². The summed E-state index contributed by atoms with van der Waals surface area (Å²) in [6.45, 7) is 2.26. The van der Waals surface area contributed by atoms with Gasteiger partial charge in [-0.05, 0) is 6.92 Å². The SMILES string of the molecule is Cc1csc(S(=O)(=O)N2CCNC(=O)C2)n1.O=C(O)C(F)(F)F. The van der Waals surface area contributed by atoms with Crippen molar-refractivity contribution in [3.8, 4) is 0 Å². The fourth-order valence-electron chi connectivity index (χ4n) is 1.38. The molecule has 1 fully saturated rings. The zero-order valence-corrected chi connectivity index (χ0v) is 13.3. The molecular formula is C10H12F3N3O5S2. The van der Waals surface area contributed by atoms with Crippen molar-refractivity contribution in [2.75, 3.05) is 19.6 Å². The molecule has 1 saturated heterocycles. The summed E-state index contributed by atoms with van der Waals surface area (Å²) >= 11 is 1.08. The number of hydrogen-bond donors (Lipinski definition) is 2. The number of piperazine rings is 1. The van der Waals surface area contributed by atoms with Gasteiger partial charge in [0.15, 0.2) is 0 Å². The molecule has 0 aromatic carbocycles. The zero-order chi connectivity index (χ0) is 17.8. The minimum Gasteiger partial charge on any atom is -0.475 e. The molecule has 0 saturated carbocycles. The molecule has 1 aliphatic rings. The lowest BCUT2D eigenvalue weighted by molar-refractivity contribution is -0.192. The van der Waals surface area contributed by atoms with Gasteiger partial charge in [-0.3, -0.25) is 4.79 Å². The number of carboxylic acid groups (broad SMARTS) is 1. The van der Waals surface area contributed by atoms with Crippen molar-refractivity contribution in [3.05, 3.63) is 11.1 Å². The number of nitrogens with one attached hydrogen (secondary N) is 1. The Hall–Kier alpha value is -1.73. The van der Waals surface area contributed by atoms with Gasteiger partial charge in [0.05, 0.1) is 6.54 Å². The van der Waals surface area contributed by atoms with Crippen LogP contribution in [0.1, 0.15) is 5.69 Å². The van der Waals surface area contributed by atoms with Crippen molar-refractivity contribution in [1.29, 1.82) is 0 Å². The summed E-state index contributed by atoms with van der Waals surface area (Å²) in [5.74, 6) is -3.03. The van der Waals surface area contributed by atoms with Gasteiger partial charge in [-0.15, -0.1) is 11.3 Å². The summed E-state index contributed by atoms with van der Waals surface area (Å²) in [5.41, 5.74) is 0.671. The second-order valence-corrected chi connectivity index (χ2v) is 7.22. The van der Waals surface area contributed by atoms with Crippen LogP contribution >= 0.6 is 11.3 Å². The Morgan fingerprint density at radius 1 is 1.48 bits per heavy atom. The maximum absolute atomic E-state index is 12.0. The monoisotopic (exact) mass is 375 g/mol. The van der Waals surface area contributed by atoms with E-state index in [0.717, 1.165) is 15.6 Å². The second-order valence-electron chi connectivity index (χ2n) is 4.25. The van der Waals surface area contributed by atoms with E-state index in [0.29, 0.717) is 18.8 Å². The van der Waals surface area contributed by atoms with Crippen LogP contribution in [0.2, 0.25) is 0 Å². The fraction of sp³-hybridized carbons (Fsp3) is 0.500. The van der Waals surface area contributed by atoms with Gasteiger partial charge in [0.25, 0.3) is 10.0 Å². The average molecular weight is 375 g/mol. The Morgan fingerprint density at radius 3 is 2.43 bits per heavy atom. The Bertz CT molecular complexity index is 686. The van der Waals surface area contributed by atoms with E-state index >= 15 is 0 Å². The molecule has 0 aliphatic carbocycles. The molecule has 0 atom stereocenters. The number of hydrogen-bond acceptors (Lipinski definition) is 6. The van der Waals surface area contributed by atoms with E-state index in [1.807, 2.05) is 0 Å². The zero-order valence-electron chi connectivity index (χ0n) is 11.6. The maximum Gasteiger partial charge on any atom is 0.490 e. The highest BCUT2D eigenvalue weighted by molar-refractivity contribution is 7.91. The second kappa shape index (κ2) is 7.23. The summed E-state index contributed by atoms with van der Waals surface area (Å²) in [5, 5.41) is 11.4. The number of aliphatic carboxylic acids is 1. The number of carbonyl (C=O) groups is 2. The molecule has 1 amide bonds. The first-order valence-corrected chi connectivity index (χ1v) is 8.25. The van der Waals surface area contributed by atoms with Gasteiger partial charge in [-0.1, -0.05) is 0 Å². The van der Waals surface area contributed by atoms with Crippen LogP contribution in [-0.2, 0) is 19.6 Å². The lowest BCUT2D eigenvalue weighted by Gasteiger charge is -2.24. The van der Waals surface area contributed by atoms with E-state index in [4.69, 9.17) is 9.90 Å². The molecule has 0 unspecified atom stereocenters. The standard InChI is InChI=1S/C8H11N3O3S2.C2HF3O2/c1-6-5-15-8(10-6)16(13,14)11-3-2-9-7(12)4-11;3-2(4,5)1(6)7/h5H,2-4H2,1H3,(H,9,12);(H,6,7). The van der Waals surface area contributed by atoms with E-state index < -0.39 is 22.2 Å². The Labute approximate surface area is 133 Å². The number of nitrogens with zero attached hydrogens (tertiary/aromatic N) is 2. The molecule has 2 N–H and O–H groups in total. The number of alkyl halides is 3. The third kappa shape index (κ3) is 5.44. The highest BCUT2D eigenvalue weighted by Gasteiger charge is 2.38. The van der Waals surface area contributed by atoms with Crippen molar-refractivity contribution < 1.29 is 36.3 Å². The summed E-state index contributed by atoms with van der Waals surface area (Å²) in [4.78, 5) is 24.0. The minimum absolute atomic E-state index is 0.0553. The summed E-state index contributed by atoms with van der Waals surface area (Å²) in [6, 6.07) is 0. The number of aryl methyl sites for hydroxylation is 1. The van der Waals surface area contributed by atoms with Crippen molar-refractivity contribution in [2.24, 2.45) is 0 Å². The number of carbonyl (C=O) groups excluding carboxylic acids is 1.